The fourth-order valence-electron chi connectivity index (χ4n) is 4.33. The van der Waals surface area contributed by atoms with Crippen LogP contribution < -0.4 is 0 Å². The van der Waals surface area contributed by atoms with Gasteiger partial charge in [-0.2, -0.15) is 5.10 Å². The van der Waals surface area contributed by atoms with Gasteiger partial charge in [-0.3, -0.25) is 9.48 Å². The molecule has 31 heavy (non-hydrogen) atoms. The minimum Gasteiger partial charge on any atom is -0.373 e. The number of aromatic nitrogens is 2. The Morgan fingerprint density at radius 3 is 2.61 bits per heavy atom. The third-order valence-corrected chi connectivity index (χ3v) is 5.82. The number of halogens is 2. The van der Waals surface area contributed by atoms with Crippen LogP contribution in [-0.2, 0) is 11.8 Å². The van der Waals surface area contributed by atoms with E-state index in [-0.39, 0.29) is 18.1 Å². The number of benzene rings is 2. The molecule has 7 heteroatoms. The molecule has 162 valence electrons. The van der Waals surface area contributed by atoms with Gasteiger partial charge < -0.3 is 9.64 Å². The van der Waals surface area contributed by atoms with E-state index in [2.05, 4.69) is 5.10 Å². The van der Waals surface area contributed by atoms with Crippen molar-refractivity contribution in [2.24, 2.45) is 7.05 Å². The Balaban J connectivity index is 1.62. The van der Waals surface area contributed by atoms with Gasteiger partial charge in [-0.15, -0.1) is 0 Å². The lowest BCUT2D eigenvalue weighted by molar-refractivity contribution is -0.0231. The van der Waals surface area contributed by atoms with E-state index in [1.807, 2.05) is 36.1 Å². The summed E-state index contributed by atoms with van der Waals surface area (Å²) in [5.74, 6) is -1.30. The summed E-state index contributed by atoms with van der Waals surface area (Å²) >= 11 is 0. The average molecular weight is 425 g/mol. The molecule has 1 aromatic heterocycles. The van der Waals surface area contributed by atoms with E-state index in [4.69, 9.17) is 4.74 Å². The molecule has 0 N–H and O–H groups in total. The summed E-state index contributed by atoms with van der Waals surface area (Å²) in [6.07, 6.45) is 2.66. The van der Waals surface area contributed by atoms with Crippen LogP contribution in [0, 0.1) is 11.6 Å². The second kappa shape index (κ2) is 8.98. The highest BCUT2D eigenvalue weighted by atomic mass is 19.1. The SMILES string of the molecule is CCN(C(=O)c1ccnn1C)[C@H]1CCO[C@@H](c2ccccc2-c2cc(F)cc(F)c2)C1. The van der Waals surface area contributed by atoms with Gasteiger partial charge in [-0.1, -0.05) is 24.3 Å². The summed E-state index contributed by atoms with van der Waals surface area (Å²) in [5, 5.41) is 4.10. The molecule has 0 saturated carbocycles. The van der Waals surface area contributed by atoms with Gasteiger partial charge in [0.2, 0.25) is 0 Å². The Morgan fingerprint density at radius 1 is 1.19 bits per heavy atom. The normalized spacial score (nSPS) is 18.7. The number of amides is 1. The highest BCUT2D eigenvalue weighted by molar-refractivity contribution is 5.92. The van der Waals surface area contributed by atoms with Gasteiger partial charge >= 0.3 is 0 Å². The van der Waals surface area contributed by atoms with Gasteiger partial charge in [-0.05, 0) is 54.7 Å². The first-order valence-electron chi connectivity index (χ1n) is 10.4. The summed E-state index contributed by atoms with van der Waals surface area (Å²) in [5.41, 5.74) is 2.60. The van der Waals surface area contributed by atoms with Crippen LogP contribution >= 0.6 is 0 Å². The lowest BCUT2D eigenvalue weighted by atomic mass is 9.90. The van der Waals surface area contributed by atoms with E-state index >= 15 is 0 Å². The van der Waals surface area contributed by atoms with Crippen LogP contribution in [0.3, 0.4) is 0 Å². The van der Waals surface area contributed by atoms with Gasteiger partial charge in [0.25, 0.3) is 5.91 Å². The zero-order valence-corrected chi connectivity index (χ0v) is 17.6. The maximum absolute atomic E-state index is 13.8. The number of nitrogens with zero attached hydrogens (tertiary/aromatic N) is 3. The Bertz CT molecular complexity index is 1060. The van der Waals surface area contributed by atoms with E-state index in [1.165, 1.54) is 12.1 Å². The molecule has 1 aliphatic rings. The minimum absolute atomic E-state index is 0.0107. The Labute approximate surface area is 180 Å². The Kier molecular flexibility index (Phi) is 6.13. The van der Waals surface area contributed by atoms with Crippen LogP contribution in [0.2, 0.25) is 0 Å². The van der Waals surface area contributed by atoms with Crippen molar-refractivity contribution in [3.05, 3.63) is 77.6 Å². The fourth-order valence-corrected chi connectivity index (χ4v) is 4.33. The molecule has 0 spiro atoms. The Hall–Kier alpha value is -3.06. The van der Waals surface area contributed by atoms with Crippen molar-refractivity contribution < 1.29 is 18.3 Å². The molecule has 4 rings (SSSR count). The van der Waals surface area contributed by atoms with Crippen molar-refractivity contribution in [3.8, 4) is 11.1 Å². The summed E-state index contributed by atoms with van der Waals surface area (Å²) in [6, 6.07) is 12.7. The molecule has 1 aliphatic heterocycles. The van der Waals surface area contributed by atoms with Crippen LogP contribution in [0.1, 0.15) is 41.9 Å². The predicted octanol–water partition coefficient (Wildman–Crippen LogP) is 4.75. The summed E-state index contributed by atoms with van der Waals surface area (Å²) in [7, 11) is 1.75. The third-order valence-electron chi connectivity index (χ3n) is 5.82. The molecular weight excluding hydrogens is 400 g/mol. The minimum atomic E-state index is -0.619. The van der Waals surface area contributed by atoms with Gasteiger partial charge in [0.1, 0.15) is 17.3 Å². The van der Waals surface area contributed by atoms with E-state index < -0.39 is 11.6 Å². The number of rotatable bonds is 5. The topological polar surface area (TPSA) is 47.4 Å². The molecule has 2 heterocycles. The van der Waals surface area contributed by atoms with Crippen molar-refractivity contribution in [1.82, 2.24) is 14.7 Å². The lowest BCUT2D eigenvalue weighted by Crippen LogP contribution is -2.44. The van der Waals surface area contributed by atoms with Crippen LogP contribution in [0.15, 0.2) is 54.7 Å². The standard InChI is InChI=1S/C24H25F2N3O2/c1-3-29(24(30)22-8-10-27-28(22)2)19-9-11-31-23(15-19)21-7-5-4-6-20(21)16-12-17(25)14-18(26)13-16/h4-8,10,12-14,19,23H,3,9,11,15H2,1-2H3/t19-,23+/m0/s1. The first-order chi connectivity index (χ1) is 15.0. The number of aryl methyl sites for hydroxylation is 1. The van der Waals surface area contributed by atoms with Gasteiger partial charge in [0.05, 0.1) is 6.10 Å². The van der Waals surface area contributed by atoms with E-state index in [0.29, 0.717) is 30.8 Å². The molecule has 0 aliphatic carbocycles. The first-order valence-corrected chi connectivity index (χ1v) is 10.4. The molecule has 1 amide bonds. The van der Waals surface area contributed by atoms with Crippen LogP contribution in [0.4, 0.5) is 8.78 Å². The first kappa shape index (κ1) is 21.2. The van der Waals surface area contributed by atoms with Crippen molar-refractivity contribution in [2.45, 2.75) is 31.9 Å². The molecule has 0 radical (unpaired) electrons. The molecule has 1 saturated heterocycles. The molecule has 0 bridgehead atoms. The maximum atomic E-state index is 13.8. The van der Waals surface area contributed by atoms with Crippen molar-refractivity contribution >= 4 is 5.91 Å². The largest absolute Gasteiger partial charge is 0.373 e. The zero-order chi connectivity index (χ0) is 22.0. The Morgan fingerprint density at radius 2 is 1.94 bits per heavy atom. The van der Waals surface area contributed by atoms with E-state index in [1.54, 1.807) is 24.0 Å². The summed E-state index contributed by atoms with van der Waals surface area (Å²) in [4.78, 5) is 15.0. The molecule has 2 atom stereocenters. The number of carbonyl (C=O) groups excluding carboxylic acids is 1. The summed E-state index contributed by atoms with van der Waals surface area (Å²) < 4.78 is 35.3. The number of hydrogen-bond donors (Lipinski definition) is 0. The van der Waals surface area contributed by atoms with E-state index in [0.717, 1.165) is 23.6 Å². The quantitative estimate of drug-likeness (QED) is 0.593. The third kappa shape index (κ3) is 4.37. The van der Waals surface area contributed by atoms with Crippen LogP contribution in [-0.4, -0.2) is 39.8 Å². The van der Waals surface area contributed by atoms with Crippen molar-refractivity contribution in [2.75, 3.05) is 13.2 Å². The highest BCUT2D eigenvalue weighted by Gasteiger charge is 2.32. The van der Waals surface area contributed by atoms with Gasteiger partial charge in [0.15, 0.2) is 0 Å². The second-order valence-corrected chi connectivity index (χ2v) is 7.71. The van der Waals surface area contributed by atoms with Gasteiger partial charge in [-0.25, -0.2) is 8.78 Å². The number of hydrogen-bond acceptors (Lipinski definition) is 3. The van der Waals surface area contributed by atoms with E-state index in [9.17, 15) is 13.6 Å². The zero-order valence-electron chi connectivity index (χ0n) is 17.6. The smallest absolute Gasteiger partial charge is 0.272 e. The molecule has 1 fully saturated rings. The molecule has 3 aromatic rings. The average Bonchev–Trinajstić information content (AvgIpc) is 3.19. The molecule has 5 nitrogen and oxygen atoms in total. The number of ether oxygens (including phenoxy) is 1. The lowest BCUT2D eigenvalue weighted by Gasteiger charge is -2.37. The highest BCUT2D eigenvalue weighted by Crippen LogP contribution is 2.37. The molecule has 2 aromatic carbocycles. The summed E-state index contributed by atoms with van der Waals surface area (Å²) in [6.45, 7) is 3.02. The monoisotopic (exact) mass is 425 g/mol. The van der Waals surface area contributed by atoms with Crippen LogP contribution in [0.25, 0.3) is 11.1 Å². The second-order valence-electron chi connectivity index (χ2n) is 7.71. The number of carbonyl (C=O) groups is 1. The predicted molar refractivity (Wildman–Crippen MR) is 113 cm³/mol. The molecule has 0 unspecified atom stereocenters. The van der Waals surface area contributed by atoms with Gasteiger partial charge in [0, 0.05) is 38.5 Å². The molecular formula is C24H25F2N3O2. The maximum Gasteiger partial charge on any atom is 0.272 e. The fraction of sp³-hybridized carbons (Fsp3) is 0.333. The van der Waals surface area contributed by atoms with Crippen molar-refractivity contribution in [3.63, 3.8) is 0 Å². The van der Waals surface area contributed by atoms with Crippen LogP contribution in [0.5, 0.6) is 0 Å². The van der Waals surface area contributed by atoms with Crippen molar-refractivity contribution in [1.29, 1.82) is 0 Å².